The summed E-state index contributed by atoms with van der Waals surface area (Å²) in [5.74, 6) is 0.0586. The number of carbonyl (C=O) groups excluding carboxylic acids is 1. The Hall–Kier alpha value is -2.37. The molecule has 0 saturated carbocycles. The van der Waals surface area contributed by atoms with Crippen LogP contribution in [0.4, 0.5) is 0 Å². The van der Waals surface area contributed by atoms with Gasteiger partial charge in [0.2, 0.25) is 0 Å². The van der Waals surface area contributed by atoms with E-state index in [4.69, 9.17) is 0 Å². The zero-order valence-electron chi connectivity index (χ0n) is 18.3. The van der Waals surface area contributed by atoms with Crippen LogP contribution in [0.2, 0.25) is 0 Å². The maximum absolute atomic E-state index is 13.9. The quantitative estimate of drug-likeness (QED) is 0.595. The van der Waals surface area contributed by atoms with Crippen molar-refractivity contribution in [1.82, 2.24) is 19.6 Å². The summed E-state index contributed by atoms with van der Waals surface area (Å²) in [7, 11) is 4.18. The lowest BCUT2D eigenvalue weighted by Crippen LogP contribution is -2.56. The number of rotatable bonds is 4. The van der Waals surface area contributed by atoms with Gasteiger partial charge < -0.3 is 9.80 Å². The van der Waals surface area contributed by atoms with E-state index in [1.54, 1.807) is 0 Å². The van der Waals surface area contributed by atoms with E-state index in [-0.39, 0.29) is 24.4 Å². The number of carbonyl (C=O) groups is 1. The Morgan fingerprint density at radius 2 is 1.65 bits per heavy atom. The molecule has 3 heterocycles. The fourth-order valence-electron chi connectivity index (χ4n) is 5.50. The number of piperidine rings is 2. The van der Waals surface area contributed by atoms with E-state index in [2.05, 4.69) is 46.2 Å². The van der Waals surface area contributed by atoms with Crippen molar-refractivity contribution in [3.05, 3.63) is 65.9 Å². The van der Waals surface area contributed by atoms with E-state index in [0.717, 1.165) is 23.7 Å². The summed E-state index contributed by atoms with van der Waals surface area (Å²) >= 11 is 0. The summed E-state index contributed by atoms with van der Waals surface area (Å²) in [5, 5.41) is 5.59. The van der Waals surface area contributed by atoms with Crippen molar-refractivity contribution in [2.75, 3.05) is 7.05 Å². The normalized spacial score (nSPS) is 23.4. The van der Waals surface area contributed by atoms with Crippen LogP contribution in [0.25, 0.3) is 10.9 Å². The molecule has 2 atom stereocenters. The predicted molar refractivity (Wildman–Crippen MR) is 126 cm³/mol. The number of hydrogen-bond donors (Lipinski definition) is 0. The second kappa shape index (κ2) is 9.01. The van der Waals surface area contributed by atoms with Crippen molar-refractivity contribution in [1.29, 1.82) is 0 Å². The molecule has 0 aliphatic carbocycles. The van der Waals surface area contributed by atoms with Gasteiger partial charge in [0.1, 0.15) is 0 Å². The molecular weight excluding hydrogens is 408 g/mol. The number of nitrogens with zero attached hydrogens (tertiary/aromatic N) is 4. The average Bonchev–Trinajstić information content (AvgIpc) is 3.09. The standard InChI is InChI=1S/C25H30N4O.ClH/c1-27-19-11-8-12-20(27)16-21(15-19)29(17-18-9-4-3-5-10-18)25(30)24-22-13-6-7-14-23(22)28(2)26-24;/h3-7,9-10,13-14,19-21H,8,11-12,15-17H2,1-2H3;1H. The second-order valence-electron chi connectivity index (χ2n) is 8.94. The van der Waals surface area contributed by atoms with Crippen molar-refractivity contribution in [2.45, 2.75) is 56.8 Å². The molecular formula is C25H31ClN4O. The molecule has 2 aromatic carbocycles. The van der Waals surface area contributed by atoms with Gasteiger partial charge in [-0.15, -0.1) is 12.4 Å². The van der Waals surface area contributed by atoms with E-state index in [9.17, 15) is 4.79 Å². The van der Waals surface area contributed by atoms with Gasteiger partial charge in [0.05, 0.1) is 5.52 Å². The van der Waals surface area contributed by atoms with Crippen LogP contribution in [0, 0.1) is 0 Å². The highest BCUT2D eigenvalue weighted by Gasteiger charge is 2.40. The number of halogens is 1. The summed E-state index contributed by atoms with van der Waals surface area (Å²) in [6.07, 6.45) is 5.89. The van der Waals surface area contributed by atoms with Gasteiger partial charge >= 0.3 is 0 Å². The van der Waals surface area contributed by atoms with Gasteiger partial charge in [0.25, 0.3) is 5.91 Å². The van der Waals surface area contributed by atoms with Crippen LogP contribution >= 0.6 is 12.4 Å². The Morgan fingerprint density at radius 1 is 1.00 bits per heavy atom. The lowest BCUT2D eigenvalue weighted by Gasteiger charge is -2.49. The lowest BCUT2D eigenvalue weighted by molar-refractivity contribution is 0.00774. The molecule has 2 fully saturated rings. The number of aryl methyl sites for hydroxylation is 1. The van der Waals surface area contributed by atoms with E-state index < -0.39 is 0 Å². The number of aromatic nitrogens is 2. The molecule has 3 aromatic rings. The van der Waals surface area contributed by atoms with Crippen molar-refractivity contribution >= 4 is 29.2 Å². The third-order valence-electron chi connectivity index (χ3n) is 7.17. The third kappa shape index (κ3) is 4.09. The van der Waals surface area contributed by atoms with Crippen LogP contribution in [0.1, 0.15) is 48.2 Å². The van der Waals surface area contributed by atoms with Crippen molar-refractivity contribution in [3.8, 4) is 0 Å². The zero-order chi connectivity index (χ0) is 20.7. The highest BCUT2D eigenvalue weighted by atomic mass is 35.5. The first-order valence-electron chi connectivity index (χ1n) is 11.1. The van der Waals surface area contributed by atoms with Crippen molar-refractivity contribution < 1.29 is 4.79 Å². The minimum Gasteiger partial charge on any atom is -0.330 e. The largest absolute Gasteiger partial charge is 0.330 e. The molecule has 164 valence electrons. The lowest BCUT2D eigenvalue weighted by atomic mass is 9.81. The van der Waals surface area contributed by atoms with Gasteiger partial charge in [-0.25, -0.2) is 0 Å². The molecule has 1 amide bonds. The maximum Gasteiger partial charge on any atom is 0.275 e. The number of fused-ring (bicyclic) bond motifs is 3. The molecule has 0 N–H and O–H groups in total. The molecule has 6 heteroatoms. The summed E-state index contributed by atoms with van der Waals surface area (Å²) < 4.78 is 1.83. The summed E-state index contributed by atoms with van der Waals surface area (Å²) in [5.41, 5.74) is 2.75. The van der Waals surface area contributed by atoms with Crippen molar-refractivity contribution in [3.63, 3.8) is 0 Å². The number of hydrogen-bond acceptors (Lipinski definition) is 3. The Morgan fingerprint density at radius 3 is 2.35 bits per heavy atom. The minimum absolute atomic E-state index is 0. The Labute approximate surface area is 190 Å². The minimum atomic E-state index is 0. The van der Waals surface area contributed by atoms with Gasteiger partial charge in [0, 0.05) is 37.1 Å². The molecule has 2 saturated heterocycles. The highest BCUT2D eigenvalue weighted by molar-refractivity contribution is 6.05. The Balaban J connectivity index is 0.00000231. The molecule has 0 radical (unpaired) electrons. The van der Waals surface area contributed by atoms with Gasteiger partial charge in [-0.2, -0.15) is 5.10 Å². The van der Waals surface area contributed by atoms with Crippen LogP contribution in [0.3, 0.4) is 0 Å². The Bertz CT molecular complexity index is 1040. The van der Waals surface area contributed by atoms with Gasteiger partial charge in [-0.05, 0) is 44.4 Å². The number of para-hydroxylation sites is 1. The van der Waals surface area contributed by atoms with Crippen LogP contribution < -0.4 is 0 Å². The molecule has 2 aliphatic heterocycles. The van der Waals surface area contributed by atoms with Gasteiger partial charge in [0.15, 0.2) is 5.69 Å². The highest BCUT2D eigenvalue weighted by Crippen LogP contribution is 2.36. The van der Waals surface area contributed by atoms with E-state index >= 15 is 0 Å². The molecule has 1 aromatic heterocycles. The maximum atomic E-state index is 13.9. The fraction of sp³-hybridized carbons (Fsp3) is 0.440. The first-order chi connectivity index (χ1) is 14.6. The molecule has 2 aliphatic rings. The van der Waals surface area contributed by atoms with Crippen LogP contribution in [-0.4, -0.2) is 50.7 Å². The summed E-state index contributed by atoms with van der Waals surface area (Å²) in [6, 6.07) is 19.8. The monoisotopic (exact) mass is 438 g/mol. The third-order valence-corrected chi connectivity index (χ3v) is 7.17. The van der Waals surface area contributed by atoms with Crippen LogP contribution in [-0.2, 0) is 13.6 Å². The molecule has 2 unspecified atom stereocenters. The molecule has 31 heavy (non-hydrogen) atoms. The number of amides is 1. The first-order valence-corrected chi connectivity index (χ1v) is 11.1. The molecule has 2 bridgehead atoms. The predicted octanol–water partition coefficient (Wildman–Crippen LogP) is 4.65. The topological polar surface area (TPSA) is 41.4 Å². The smallest absolute Gasteiger partial charge is 0.275 e. The first kappa shape index (κ1) is 21.8. The van der Waals surface area contributed by atoms with E-state index in [1.807, 2.05) is 42.1 Å². The van der Waals surface area contributed by atoms with Gasteiger partial charge in [-0.1, -0.05) is 55.0 Å². The van der Waals surface area contributed by atoms with Gasteiger partial charge in [-0.3, -0.25) is 9.48 Å². The van der Waals surface area contributed by atoms with Crippen LogP contribution in [0.15, 0.2) is 54.6 Å². The second-order valence-corrected chi connectivity index (χ2v) is 8.94. The van der Waals surface area contributed by atoms with E-state index in [0.29, 0.717) is 24.3 Å². The molecule has 0 spiro atoms. The Kier molecular flexibility index (Phi) is 6.35. The summed E-state index contributed by atoms with van der Waals surface area (Å²) in [6.45, 7) is 0.637. The van der Waals surface area contributed by atoms with Crippen LogP contribution in [0.5, 0.6) is 0 Å². The molecule has 5 nitrogen and oxygen atoms in total. The van der Waals surface area contributed by atoms with Crippen molar-refractivity contribution in [2.24, 2.45) is 7.05 Å². The summed E-state index contributed by atoms with van der Waals surface area (Å²) in [4.78, 5) is 18.6. The molecule has 5 rings (SSSR count). The fourth-order valence-corrected chi connectivity index (χ4v) is 5.50. The number of benzene rings is 2. The average molecular weight is 439 g/mol. The zero-order valence-corrected chi connectivity index (χ0v) is 19.1. The SMILES string of the molecule is CN1C2CCCC1CC(N(Cc1ccccc1)C(=O)c1nn(C)c3ccccc13)C2.Cl. The van der Waals surface area contributed by atoms with E-state index in [1.165, 1.54) is 24.8 Å².